The van der Waals surface area contributed by atoms with Gasteiger partial charge in [-0.1, -0.05) is 32.4 Å². The predicted octanol–water partition coefficient (Wildman–Crippen LogP) is 3.97. The molecule has 138 valence electrons. The highest BCUT2D eigenvalue weighted by molar-refractivity contribution is 6.32. The maximum absolute atomic E-state index is 11.5. The molecule has 1 fully saturated rings. The second-order valence-electron chi connectivity index (χ2n) is 6.23. The van der Waals surface area contributed by atoms with Crippen LogP contribution in [0.15, 0.2) is 18.2 Å². The molecular formula is C17H22ClNO6. The summed E-state index contributed by atoms with van der Waals surface area (Å²) in [6.45, 7) is 7.37. The molecule has 1 heterocycles. The summed E-state index contributed by atoms with van der Waals surface area (Å²) in [4.78, 5) is 21.7. The van der Waals surface area contributed by atoms with Gasteiger partial charge in [-0.2, -0.15) is 0 Å². The number of hydrogen-bond acceptors (Lipinski definition) is 6. The number of hydrogen-bond donors (Lipinski definition) is 0. The number of benzene rings is 1. The number of esters is 1. The Morgan fingerprint density at radius 2 is 2.04 bits per heavy atom. The second kappa shape index (κ2) is 8.01. The van der Waals surface area contributed by atoms with Gasteiger partial charge in [-0.15, -0.1) is 0 Å². The molecule has 0 N–H and O–H groups in total. The SMILES string of the molecule is CCC1O[C@H](Oc2ccc([N+](=O)[O-])cc2Cl)C(OC(C)=O)[C@@H](C)[C@H]1C. The van der Waals surface area contributed by atoms with Crippen LogP contribution in [0.3, 0.4) is 0 Å². The average molecular weight is 372 g/mol. The minimum atomic E-state index is -0.834. The van der Waals surface area contributed by atoms with Crippen LogP contribution < -0.4 is 4.74 Å². The van der Waals surface area contributed by atoms with Crippen molar-refractivity contribution in [3.05, 3.63) is 33.3 Å². The summed E-state index contributed by atoms with van der Waals surface area (Å²) in [5.74, 6) is 0.0166. The molecule has 25 heavy (non-hydrogen) atoms. The van der Waals surface area contributed by atoms with Gasteiger partial charge >= 0.3 is 5.97 Å². The molecule has 0 amide bonds. The van der Waals surface area contributed by atoms with Gasteiger partial charge in [-0.3, -0.25) is 14.9 Å². The lowest BCUT2D eigenvalue weighted by atomic mass is 9.82. The fourth-order valence-corrected chi connectivity index (χ4v) is 3.22. The lowest BCUT2D eigenvalue weighted by Crippen LogP contribution is -2.53. The van der Waals surface area contributed by atoms with Gasteiger partial charge in [0.2, 0.25) is 6.29 Å². The smallest absolute Gasteiger partial charge is 0.303 e. The van der Waals surface area contributed by atoms with Crippen molar-refractivity contribution >= 4 is 23.3 Å². The van der Waals surface area contributed by atoms with E-state index < -0.39 is 23.3 Å². The number of nitrogens with zero attached hydrogens (tertiary/aromatic N) is 1. The summed E-state index contributed by atoms with van der Waals surface area (Å²) in [5.41, 5.74) is -0.133. The van der Waals surface area contributed by atoms with Crippen LogP contribution in [0.4, 0.5) is 5.69 Å². The van der Waals surface area contributed by atoms with Crippen molar-refractivity contribution in [2.45, 2.75) is 52.6 Å². The normalized spacial score (nSPS) is 29.1. The van der Waals surface area contributed by atoms with E-state index in [0.29, 0.717) is 0 Å². The van der Waals surface area contributed by atoms with Gasteiger partial charge in [0.1, 0.15) is 5.75 Å². The van der Waals surface area contributed by atoms with Gasteiger partial charge in [0.15, 0.2) is 6.10 Å². The number of nitro groups is 1. The van der Waals surface area contributed by atoms with Crippen LogP contribution in [0.5, 0.6) is 5.75 Å². The first-order valence-corrected chi connectivity index (χ1v) is 8.55. The standard InChI is InChI=1S/C17H22ClNO6/c1-5-14-9(2)10(3)16(23-11(4)20)17(24-14)25-15-7-6-12(19(21)22)8-13(15)18/h6-10,14,16-17H,5H2,1-4H3/t9-,10+,14?,16?,17-/m1/s1. The second-order valence-corrected chi connectivity index (χ2v) is 6.64. The third kappa shape index (κ3) is 4.41. The molecule has 2 unspecified atom stereocenters. The highest BCUT2D eigenvalue weighted by atomic mass is 35.5. The van der Waals surface area contributed by atoms with Crippen molar-refractivity contribution in [3.63, 3.8) is 0 Å². The Labute approximate surface area is 151 Å². The van der Waals surface area contributed by atoms with E-state index in [-0.39, 0.29) is 34.4 Å². The van der Waals surface area contributed by atoms with E-state index in [9.17, 15) is 14.9 Å². The van der Waals surface area contributed by atoms with E-state index in [0.717, 1.165) is 6.42 Å². The zero-order chi connectivity index (χ0) is 18.7. The third-order valence-electron chi connectivity index (χ3n) is 4.58. The van der Waals surface area contributed by atoms with E-state index in [1.54, 1.807) is 0 Å². The Morgan fingerprint density at radius 3 is 2.56 bits per heavy atom. The fourth-order valence-electron chi connectivity index (χ4n) is 3.00. The average Bonchev–Trinajstić information content (AvgIpc) is 2.55. The lowest BCUT2D eigenvalue weighted by molar-refractivity contribution is -0.384. The molecule has 7 nitrogen and oxygen atoms in total. The van der Waals surface area contributed by atoms with Gasteiger partial charge in [0, 0.05) is 25.0 Å². The van der Waals surface area contributed by atoms with Crippen molar-refractivity contribution in [1.29, 1.82) is 0 Å². The Kier molecular flexibility index (Phi) is 6.24. The number of carbonyl (C=O) groups is 1. The molecule has 0 bridgehead atoms. The Hall–Kier alpha value is -1.86. The maximum atomic E-state index is 11.5. The highest BCUT2D eigenvalue weighted by Gasteiger charge is 2.44. The number of carbonyl (C=O) groups excluding carboxylic acids is 1. The summed E-state index contributed by atoms with van der Waals surface area (Å²) in [5, 5.41) is 10.9. The Balaban J connectivity index is 2.26. The van der Waals surface area contributed by atoms with Gasteiger partial charge in [0.25, 0.3) is 5.69 Å². The topological polar surface area (TPSA) is 87.9 Å². The van der Waals surface area contributed by atoms with Crippen molar-refractivity contribution in [1.82, 2.24) is 0 Å². The van der Waals surface area contributed by atoms with E-state index in [2.05, 4.69) is 0 Å². The molecule has 0 spiro atoms. The number of halogens is 1. The maximum Gasteiger partial charge on any atom is 0.303 e. The molecule has 1 aliphatic rings. The van der Waals surface area contributed by atoms with Crippen molar-refractivity contribution < 1.29 is 23.9 Å². The molecule has 5 atom stereocenters. The van der Waals surface area contributed by atoms with Crippen LogP contribution in [-0.4, -0.2) is 29.4 Å². The summed E-state index contributed by atoms with van der Waals surface area (Å²) in [6.07, 6.45) is -0.698. The number of ether oxygens (including phenoxy) is 3. The first-order valence-electron chi connectivity index (χ1n) is 8.17. The molecule has 2 rings (SSSR count). The van der Waals surface area contributed by atoms with Crippen LogP contribution in [0, 0.1) is 22.0 Å². The summed E-state index contributed by atoms with van der Waals surface area (Å²) in [6, 6.07) is 3.93. The van der Waals surface area contributed by atoms with E-state index in [4.69, 9.17) is 25.8 Å². The molecule has 1 aliphatic heterocycles. The van der Waals surface area contributed by atoms with Gasteiger partial charge in [-0.05, 0) is 18.4 Å². The summed E-state index contributed by atoms with van der Waals surface area (Å²) < 4.78 is 17.2. The van der Waals surface area contributed by atoms with Crippen LogP contribution in [-0.2, 0) is 14.3 Å². The molecule has 8 heteroatoms. The quantitative estimate of drug-likeness (QED) is 0.442. The lowest BCUT2D eigenvalue weighted by Gasteiger charge is -2.43. The van der Waals surface area contributed by atoms with Crippen LogP contribution in [0.1, 0.15) is 34.1 Å². The zero-order valence-corrected chi connectivity index (χ0v) is 15.4. The molecule has 1 aromatic carbocycles. The molecular weight excluding hydrogens is 350 g/mol. The van der Waals surface area contributed by atoms with E-state index in [1.165, 1.54) is 25.1 Å². The summed E-state index contributed by atoms with van der Waals surface area (Å²) >= 11 is 6.09. The molecule has 0 aliphatic carbocycles. The molecule has 0 radical (unpaired) electrons. The number of nitro benzene ring substituents is 1. The van der Waals surface area contributed by atoms with Crippen molar-refractivity contribution in [2.75, 3.05) is 0 Å². The fraction of sp³-hybridized carbons (Fsp3) is 0.588. The largest absolute Gasteiger partial charge is 0.459 e. The number of non-ortho nitro benzene ring substituents is 1. The first-order chi connectivity index (χ1) is 11.7. The third-order valence-corrected chi connectivity index (χ3v) is 4.88. The van der Waals surface area contributed by atoms with Gasteiger partial charge in [-0.25, -0.2) is 0 Å². The molecule has 1 saturated heterocycles. The van der Waals surface area contributed by atoms with E-state index in [1.807, 2.05) is 20.8 Å². The Morgan fingerprint density at radius 1 is 1.36 bits per heavy atom. The van der Waals surface area contributed by atoms with E-state index >= 15 is 0 Å². The minimum Gasteiger partial charge on any atom is -0.459 e. The molecule has 0 aromatic heterocycles. The minimum absolute atomic E-state index is 0.0180. The van der Waals surface area contributed by atoms with Crippen LogP contribution >= 0.6 is 11.6 Å². The van der Waals surface area contributed by atoms with Crippen molar-refractivity contribution in [3.8, 4) is 5.75 Å². The predicted molar refractivity (Wildman–Crippen MR) is 91.6 cm³/mol. The van der Waals surface area contributed by atoms with Gasteiger partial charge < -0.3 is 14.2 Å². The molecule has 1 aromatic rings. The van der Waals surface area contributed by atoms with Gasteiger partial charge in [0.05, 0.1) is 16.0 Å². The monoisotopic (exact) mass is 371 g/mol. The Bertz CT molecular complexity index is 652. The van der Waals surface area contributed by atoms with Crippen LogP contribution in [0.25, 0.3) is 0 Å². The number of rotatable bonds is 5. The summed E-state index contributed by atoms with van der Waals surface area (Å²) in [7, 11) is 0. The van der Waals surface area contributed by atoms with Crippen LogP contribution in [0.2, 0.25) is 5.02 Å². The first kappa shape index (κ1) is 19.5. The molecule has 0 saturated carbocycles. The zero-order valence-electron chi connectivity index (χ0n) is 14.6. The highest BCUT2D eigenvalue weighted by Crippen LogP contribution is 2.37. The van der Waals surface area contributed by atoms with Crippen molar-refractivity contribution in [2.24, 2.45) is 11.8 Å².